The minimum atomic E-state index is -0.777. The van der Waals surface area contributed by atoms with E-state index in [0.29, 0.717) is 25.3 Å². The first kappa shape index (κ1) is 14.8. The van der Waals surface area contributed by atoms with Crippen molar-refractivity contribution in [3.63, 3.8) is 0 Å². The van der Waals surface area contributed by atoms with Crippen LogP contribution in [0.15, 0.2) is 5.16 Å². The molecule has 0 spiro atoms. The lowest BCUT2D eigenvalue weighted by Gasteiger charge is -2.27. The van der Waals surface area contributed by atoms with Crippen LogP contribution in [0.3, 0.4) is 0 Å². The first-order valence-electron chi connectivity index (χ1n) is 6.87. The number of rotatable bonds is 6. The number of hydrogen-bond donors (Lipinski definition) is 3. The summed E-state index contributed by atoms with van der Waals surface area (Å²) in [5.74, 6) is 0.476. The van der Waals surface area contributed by atoms with Crippen LogP contribution in [0.25, 0.3) is 0 Å². The van der Waals surface area contributed by atoms with E-state index in [1.54, 1.807) is 0 Å². The summed E-state index contributed by atoms with van der Waals surface area (Å²) in [5.41, 5.74) is 4.95. The Bertz CT molecular complexity index is 305. The third-order valence-corrected chi connectivity index (χ3v) is 4.20. The average Bonchev–Trinajstić information content (AvgIpc) is 2.89. The number of amides is 1. The van der Waals surface area contributed by atoms with Gasteiger partial charge >= 0.3 is 0 Å². The molecule has 0 aromatic heterocycles. The standard InChI is InChI=1S/C13H25N3O2/c1-3-10(4-2)9-15-12(17)13(11(14)16-18)7-5-6-8-13/h10,18H,3-9H2,1-2H3,(H2,14,16)(H,15,17). The summed E-state index contributed by atoms with van der Waals surface area (Å²) in [6.07, 6.45) is 5.36. The van der Waals surface area contributed by atoms with Gasteiger partial charge in [0.05, 0.1) is 0 Å². The first-order chi connectivity index (χ1) is 8.60. The fourth-order valence-electron chi connectivity index (χ4n) is 2.66. The Morgan fingerprint density at radius 2 is 1.94 bits per heavy atom. The van der Waals surface area contributed by atoms with Crippen LogP contribution < -0.4 is 11.1 Å². The summed E-state index contributed by atoms with van der Waals surface area (Å²) >= 11 is 0. The molecule has 1 aliphatic rings. The van der Waals surface area contributed by atoms with Gasteiger partial charge in [-0.05, 0) is 18.8 Å². The molecule has 1 amide bonds. The Balaban J connectivity index is 2.67. The second kappa shape index (κ2) is 6.61. The molecule has 0 radical (unpaired) electrons. The zero-order valence-corrected chi connectivity index (χ0v) is 11.4. The van der Waals surface area contributed by atoms with E-state index in [9.17, 15) is 4.79 Å². The van der Waals surface area contributed by atoms with E-state index in [4.69, 9.17) is 10.9 Å². The maximum absolute atomic E-state index is 12.3. The maximum atomic E-state index is 12.3. The Kier molecular flexibility index (Phi) is 5.44. The molecule has 0 unspecified atom stereocenters. The van der Waals surface area contributed by atoms with Crippen molar-refractivity contribution < 1.29 is 10.0 Å². The average molecular weight is 255 g/mol. The molecule has 0 aliphatic heterocycles. The van der Waals surface area contributed by atoms with Crippen LogP contribution in [0.4, 0.5) is 0 Å². The van der Waals surface area contributed by atoms with E-state index < -0.39 is 5.41 Å². The van der Waals surface area contributed by atoms with E-state index in [2.05, 4.69) is 24.3 Å². The third kappa shape index (κ3) is 2.94. The molecule has 18 heavy (non-hydrogen) atoms. The van der Waals surface area contributed by atoms with Gasteiger partial charge in [0.2, 0.25) is 5.91 Å². The summed E-state index contributed by atoms with van der Waals surface area (Å²) in [6.45, 7) is 4.91. The molecular weight excluding hydrogens is 230 g/mol. The Morgan fingerprint density at radius 3 is 2.39 bits per heavy atom. The molecule has 4 N–H and O–H groups in total. The second-order valence-corrected chi connectivity index (χ2v) is 5.17. The minimum absolute atomic E-state index is 0.0575. The van der Waals surface area contributed by atoms with Gasteiger partial charge in [0.1, 0.15) is 5.41 Å². The number of oxime groups is 1. The number of carbonyl (C=O) groups is 1. The Hall–Kier alpha value is -1.26. The fraction of sp³-hybridized carbons (Fsp3) is 0.846. The van der Waals surface area contributed by atoms with Crippen molar-refractivity contribution in [3.05, 3.63) is 0 Å². The molecule has 0 heterocycles. The van der Waals surface area contributed by atoms with Crippen LogP contribution in [-0.4, -0.2) is 23.5 Å². The zero-order chi connectivity index (χ0) is 13.6. The van der Waals surface area contributed by atoms with Gasteiger partial charge in [-0.3, -0.25) is 4.79 Å². The number of nitrogens with zero attached hydrogens (tertiary/aromatic N) is 1. The van der Waals surface area contributed by atoms with E-state index in [1.165, 1.54) is 0 Å². The monoisotopic (exact) mass is 255 g/mol. The molecule has 0 saturated heterocycles. The highest BCUT2D eigenvalue weighted by Gasteiger charge is 2.45. The number of nitrogens with one attached hydrogen (secondary N) is 1. The van der Waals surface area contributed by atoms with Crippen LogP contribution in [0.1, 0.15) is 52.4 Å². The van der Waals surface area contributed by atoms with Crippen molar-refractivity contribution in [1.82, 2.24) is 5.32 Å². The van der Waals surface area contributed by atoms with Gasteiger partial charge < -0.3 is 16.3 Å². The van der Waals surface area contributed by atoms with E-state index in [1.807, 2.05) is 0 Å². The van der Waals surface area contributed by atoms with Crippen molar-refractivity contribution in [2.45, 2.75) is 52.4 Å². The largest absolute Gasteiger partial charge is 0.409 e. The molecule has 1 aliphatic carbocycles. The Labute approximate surface area is 109 Å². The summed E-state index contributed by atoms with van der Waals surface area (Å²) in [7, 11) is 0. The lowest BCUT2D eigenvalue weighted by molar-refractivity contribution is -0.127. The zero-order valence-electron chi connectivity index (χ0n) is 11.4. The highest BCUT2D eigenvalue weighted by molar-refractivity contribution is 6.07. The van der Waals surface area contributed by atoms with E-state index >= 15 is 0 Å². The Morgan fingerprint density at radius 1 is 1.39 bits per heavy atom. The van der Waals surface area contributed by atoms with Gasteiger partial charge in [0.15, 0.2) is 5.84 Å². The van der Waals surface area contributed by atoms with Crippen molar-refractivity contribution >= 4 is 11.7 Å². The molecule has 5 nitrogen and oxygen atoms in total. The summed E-state index contributed by atoms with van der Waals surface area (Å²) < 4.78 is 0. The smallest absolute Gasteiger partial charge is 0.233 e. The molecule has 1 saturated carbocycles. The molecule has 0 atom stereocenters. The lowest BCUT2D eigenvalue weighted by atomic mass is 9.83. The maximum Gasteiger partial charge on any atom is 0.233 e. The molecule has 0 aromatic carbocycles. The predicted octanol–water partition coefficient (Wildman–Crippen LogP) is 1.85. The highest BCUT2D eigenvalue weighted by Crippen LogP contribution is 2.38. The SMILES string of the molecule is CCC(CC)CNC(=O)C1(C(N)=NO)CCCC1. The van der Waals surface area contributed by atoms with E-state index in [-0.39, 0.29) is 11.7 Å². The predicted molar refractivity (Wildman–Crippen MR) is 71.4 cm³/mol. The number of amidine groups is 1. The summed E-state index contributed by atoms with van der Waals surface area (Å²) in [6, 6.07) is 0. The number of hydrogen-bond acceptors (Lipinski definition) is 3. The van der Waals surface area contributed by atoms with Gasteiger partial charge in [0.25, 0.3) is 0 Å². The molecule has 104 valence electrons. The van der Waals surface area contributed by atoms with Gasteiger partial charge in [-0.15, -0.1) is 0 Å². The molecule has 0 aromatic rings. The quantitative estimate of drug-likeness (QED) is 0.293. The van der Waals surface area contributed by atoms with Gasteiger partial charge in [-0.1, -0.05) is 44.7 Å². The molecule has 1 fully saturated rings. The topological polar surface area (TPSA) is 87.7 Å². The van der Waals surface area contributed by atoms with Gasteiger partial charge in [0, 0.05) is 6.54 Å². The fourth-order valence-corrected chi connectivity index (χ4v) is 2.66. The minimum Gasteiger partial charge on any atom is -0.409 e. The third-order valence-electron chi connectivity index (χ3n) is 4.20. The van der Waals surface area contributed by atoms with Crippen molar-refractivity contribution in [3.8, 4) is 0 Å². The molecular formula is C13H25N3O2. The number of nitrogens with two attached hydrogens (primary N) is 1. The first-order valence-corrected chi connectivity index (χ1v) is 6.87. The van der Waals surface area contributed by atoms with Gasteiger partial charge in [-0.2, -0.15) is 0 Å². The summed E-state index contributed by atoms with van der Waals surface area (Å²) in [4.78, 5) is 12.3. The van der Waals surface area contributed by atoms with E-state index in [0.717, 1.165) is 25.7 Å². The second-order valence-electron chi connectivity index (χ2n) is 5.17. The lowest BCUT2D eigenvalue weighted by Crippen LogP contribution is -2.49. The summed E-state index contributed by atoms with van der Waals surface area (Å²) in [5, 5.41) is 14.9. The van der Waals surface area contributed by atoms with Crippen LogP contribution in [0, 0.1) is 11.3 Å². The van der Waals surface area contributed by atoms with Crippen molar-refractivity contribution in [2.24, 2.45) is 22.2 Å². The van der Waals surface area contributed by atoms with Gasteiger partial charge in [-0.25, -0.2) is 0 Å². The van der Waals surface area contributed by atoms with Crippen molar-refractivity contribution in [2.75, 3.05) is 6.54 Å². The van der Waals surface area contributed by atoms with Crippen molar-refractivity contribution in [1.29, 1.82) is 0 Å². The normalized spacial score (nSPS) is 19.2. The molecule has 1 rings (SSSR count). The highest BCUT2D eigenvalue weighted by atomic mass is 16.4. The van der Waals surface area contributed by atoms with Crippen LogP contribution in [0.5, 0.6) is 0 Å². The van der Waals surface area contributed by atoms with Crippen LogP contribution in [-0.2, 0) is 4.79 Å². The van der Waals surface area contributed by atoms with Crippen LogP contribution in [0.2, 0.25) is 0 Å². The van der Waals surface area contributed by atoms with Crippen LogP contribution >= 0.6 is 0 Å². The molecule has 0 bridgehead atoms. The molecule has 5 heteroatoms. The number of carbonyl (C=O) groups excluding carboxylic acids is 1.